The minimum absolute atomic E-state index is 0.0303. The van der Waals surface area contributed by atoms with Gasteiger partial charge in [-0.2, -0.15) is 0 Å². The van der Waals surface area contributed by atoms with E-state index >= 15 is 0 Å². The molecule has 7 nitrogen and oxygen atoms in total. The van der Waals surface area contributed by atoms with Crippen molar-refractivity contribution in [3.63, 3.8) is 0 Å². The molecule has 0 rings (SSSR count). The smallest absolute Gasteiger partial charge is 0.331 e. The topological polar surface area (TPSA) is 90.0 Å². The molecule has 0 aliphatic heterocycles. The third-order valence-electron chi connectivity index (χ3n) is 1.90. The molecule has 0 heterocycles. The van der Waals surface area contributed by atoms with Crippen molar-refractivity contribution in [3.8, 4) is 0 Å². The first-order chi connectivity index (χ1) is 8.29. The number of carbonyl (C=O) groups is 2. The summed E-state index contributed by atoms with van der Waals surface area (Å²) in [4.78, 5) is 21.7. The molecule has 0 aromatic rings. The molecule has 0 radical (unpaired) electrons. The Bertz CT molecular complexity index is 412. The Morgan fingerprint density at radius 2 is 1.72 bits per heavy atom. The summed E-state index contributed by atoms with van der Waals surface area (Å²) in [6.07, 6.45) is 2.05. The molecule has 0 spiro atoms. The Hall–Kier alpha value is -1.41. The number of hydrogen-bond donors (Lipinski definition) is 0. The van der Waals surface area contributed by atoms with Crippen molar-refractivity contribution in [2.75, 3.05) is 33.6 Å². The molecule has 18 heavy (non-hydrogen) atoms. The first kappa shape index (κ1) is 16.6. The first-order valence-electron chi connectivity index (χ1n) is 5.12. The minimum Gasteiger partial charge on any atom is -0.466 e. The lowest BCUT2D eigenvalue weighted by atomic mass is 10.5. The van der Waals surface area contributed by atoms with Crippen LogP contribution in [-0.2, 0) is 29.1 Å². The summed E-state index contributed by atoms with van der Waals surface area (Å²) in [5, 5.41) is 0. The lowest BCUT2D eigenvalue weighted by molar-refractivity contribution is -0.139. The van der Waals surface area contributed by atoms with E-state index in [-0.39, 0.29) is 18.8 Å². The molecule has 0 unspecified atom stereocenters. The fraction of sp³-hybridized carbons (Fsp3) is 0.600. The van der Waals surface area contributed by atoms with Gasteiger partial charge in [-0.25, -0.2) is 22.3 Å². The summed E-state index contributed by atoms with van der Waals surface area (Å²) in [6.45, 7) is -0.0303. The highest BCUT2D eigenvalue weighted by Crippen LogP contribution is 1.97. The van der Waals surface area contributed by atoms with E-state index in [0.717, 1.165) is 16.5 Å². The quantitative estimate of drug-likeness (QED) is 0.356. The van der Waals surface area contributed by atoms with E-state index in [2.05, 4.69) is 4.74 Å². The third-order valence-corrected chi connectivity index (χ3v) is 3.82. The van der Waals surface area contributed by atoms with E-state index in [1.807, 2.05) is 0 Å². The Kier molecular flexibility index (Phi) is 7.21. The minimum atomic E-state index is -3.28. The van der Waals surface area contributed by atoms with Gasteiger partial charge in [0.25, 0.3) is 0 Å². The first-order valence-corrected chi connectivity index (χ1v) is 6.73. The molecule has 0 aromatic heterocycles. The second-order valence-electron chi connectivity index (χ2n) is 3.48. The highest BCUT2D eigenvalue weighted by atomic mass is 32.2. The number of nitrogens with zero attached hydrogens (tertiary/aromatic N) is 1. The van der Waals surface area contributed by atoms with Crippen molar-refractivity contribution in [1.29, 1.82) is 0 Å². The fourth-order valence-electron chi connectivity index (χ4n) is 0.849. The summed E-state index contributed by atoms with van der Waals surface area (Å²) < 4.78 is 32.8. The van der Waals surface area contributed by atoms with Gasteiger partial charge in [-0.05, 0) is 6.42 Å². The van der Waals surface area contributed by atoms with Crippen molar-refractivity contribution in [2.45, 2.75) is 6.42 Å². The van der Waals surface area contributed by atoms with Crippen LogP contribution in [0.1, 0.15) is 6.42 Å². The molecule has 0 N–H and O–H groups in total. The van der Waals surface area contributed by atoms with Crippen molar-refractivity contribution in [1.82, 2.24) is 4.31 Å². The third kappa shape index (κ3) is 7.02. The van der Waals surface area contributed by atoms with Gasteiger partial charge < -0.3 is 9.47 Å². The van der Waals surface area contributed by atoms with Crippen molar-refractivity contribution in [2.24, 2.45) is 0 Å². The lowest BCUT2D eigenvalue weighted by Crippen LogP contribution is -2.25. The second kappa shape index (κ2) is 7.83. The molecular formula is C10H17NO6S. The van der Waals surface area contributed by atoms with Gasteiger partial charge in [0.15, 0.2) is 0 Å². The zero-order valence-electron chi connectivity index (χ0n) is 10.6. The van der Waals surface area contributed by atoms with Gasteiger partial charge in [0.2, 0.25) is 10.0 Å². The predicted octanol–water partition coefficient (Wildman–Crippen LogP) is -0.460. The average molecular weight is 279 g/mol. The van der Waals surface area contributed by atoms with Crippen LogP contribution in [0.4, 0.5) is 0 Å². The summed E-state index contributed by atoms with van der Waals surface area (Å²) in [6, 6.07) is 0. The summed E-state index contributed by atoms with van der Waals surface area (Å²) in [5.74, 6) is -1.49. The lowest BCUT2D eigenvalue weighted by Gasteiger charge is -2.10. The highest BCUT2D eigenvalue weighted by Gasteiger charge is 2.12. The predicted molar refractivity (Wildman–Crippen MR) is 64.2 cm³/mol. The number of carbonyl (C=O) groups excluding carboxylic acids is 2. The maximum Gasteiger partial charge on any atom is 0.331 e. The standard InChI is InChI=1S/C10H17NO6S/c1-11(2)18(14,15)8-4-7-17-10(13)6-5-9(12)16-3/h5-6H,4,7-8H2,1-3H3/b6-5+. The Balaban J connectivity index is 3.90. The van der Waals surface area contributed by atoms with Crippen LogP contribution in [0.15, 0.2) is 12.2 Å². The van der Waals surface area contributed by atoms with Crippen LogP contribution in [0.3, 0.4) is 0 Å². The van der Waals surface area contributed by atoms with Gasteiger partial charge in [-0.3, -0.25) is 0 Å². The molecule has 0 aromatic carbocycles. The number of ether oxygens (including phenoxy) is 2. The van der Waals surface area contributed by atoms with Crippen LogP contribution in [0.5, 0.6) is 0 Å². The van der Waals surface area contributed by atoms with E-state index in [1.54, 1.807) is 0 Å². The van der Waals surface area contributed by atoms with Crippen molar-refractivity contribution in [3.05, 3.63) is 12.2 Å². The highest BCUT2D eigenvalue weighted by molar-refractivity contribution is 7.89. The molecule has 8 heteroatoms. The second-order valence-corrected chi connectivity index (χ2v) is 5.78. The molecule has 0 saturated carbocycles. The van der Waals surface area contributed by atoms with Crippen LogP contribution >= 0.6 is 0 Å². The largest absolute Gasteiger partial charge is 0.466 e. The van der Waals surface area contributed by atoms with Crippen LogP contribution in [0.2, 0.25) is 0 Å². The molecule has 0 saturated heterocycles. The summed E-state index contributed by atoms with van der Waals surface area (Å²) >= 11 is 0. The van der Waals surface area contributed by atoms with E-state index < -0.39 is 22.0 Å². The fourth-order valence-corrected chi connectivity index (χ4v) is 1.70. The molecule has 0 aliphatic rings. The molecular weight excluding hydrogens is 262 g/mol. The molecule has 0 fully saturated rings. The Labute approximate surface area is 106 Å². The number of esters is 2. The van der Waals surface area contributed by atoms with Gasteiger partial charge in [-0.1, -0.05) is 0 Å². The van der Waals surface area contributed by atoms with Crippen LogP contribution in [0.25, 0.3) is 0 Å². The van der Waals surface area contributed by atoms with Crippen molar-refractivity contribution >= 4 is 22.0 Å². The maximum atomic E-state index is 11.3. The van der Waals surface area contributed by atoms with Crippen LogP contribution < -0.4 is 0 Å². The summed E-state index contributed by atoms with van der Waals surface area (Å²) in [7, 11) is 0.771. The molecule has 0 amide bonds. The van der Waals surface area contributed by atoms with Gasteiger partial charge in [0, 0.05) is 26.2 Å². The summed E-state index contributed by atoms with van der Waals surface area (Å²) in [5.41, 5.74) is 0. The zero-order chi connectivity index (χ0) is 14.2. The number of hydrogen-bond acceptors (Lipinski definition) is 6. The van der Waals surface area contributed by atoms with Gasteiger partial charge >= 0.3 is 11.9 Å². The average Bonchev–Trinajstić information content (AvgIpc) is 2.31. The normalized spacial score (nSPS) is 11.8. The van der Waals surface area contributed by atoms with Gasteiger partial charge in [0.05, 0.1) is 19.5 Å². The monoisotopic (exact) mass is 279 g/mol. The number of rotatable bonds is 7. The molecule has 0 atom stereocenters. The Morgan fingerprint density at radius 1 is 1.17 bits per heavy atom. The molecule has 0 aliphatic carbocycles. The van der Waals surface area contributed by atoms with Gasteiger partial charge in [0.1, 0.15) is 0 Å². The SMILES string of the molecule is COC(=O)/C=C/C(=O)OCCCS(=O)(=O)N(C)C. The van der Waals surface area contributed by atoms with E-state index in [4.69, 9.17) is 4.74 Å². The van der Waals surface area contributed by atoms with Gasteiger partial charge in [-0.15, -0.1) is 0 Å². The Morgan fingerprint density at radius 3 is 2.22 bits per heavy atom. The number of methoxy groups -OCH3 is 1. The van der Waals surface area contributed by atoms with E-state index in [9.17, 15) is 18.0 Å². The maximum absolute atomic E-state index is 11.3. The zero-order valence-corrected chi connectivity index (χ0v) is 11.4. The van der Waals surface area contributed by atoms with Crippen LogP contribution in [0, 0.1) is 0 Å². The molecule has 104 valence electrons. The van der Waals surface area contributed by atoms with E-state index in [0.29, 0.717) is 0 Å². The number of sulfonamides is 1. The van der Waals surface area contributed by atoms with E-state index in [1.165, 1.54) is 21.2 Å². The van der Waals surface area contributed by atoms with Crippen LogP contribution in [-0.4, -0.2) is 58.2 Å². The van der Waals surface area contributed by atoms with Crippen molar-refractivity contribution < 1.29 is 27.5 Å². The molecule has 0 bridgehead atoms.